The van der Waals surface area contributed by atoms with Gasteiger partial charge in [0.25, 0.3) is 0 Å². The van der Waals surface area contributed by atoms with Crippen molar-refractivity contribution >= 4 is 8.32 Å². The summed E-state index contributed by atoms with van der Waals surface area (Å²) in [5, 5.41) is 0.185. The number of hydrogen-bond acceptors (Lipinski definition) is 2. The quantitative estimate of drug-likeness (QED) is 0.729. The summed E-state index contributed by atoms with van der Waals surface area (Å²) in [7, 11) is -1.79. The standard InChI is InChI=1S/C16H25FO2Si/c1-16(2,3)20(4,5)19-15-11-10-14(18-15)12-6-8-13(17)9-7-12/h6-9,14-15H,10-11H2,1-5H3. The van der Waals surface area contributed by atoms with Crippen molar-refractivity contribution in [3.8, 4) is 0 Å². The Morgan fingerprint density at radius 2 is 1.75 bits per heavy atom. The molecule has 2 nitrogen and oxygen atoms in total. The van der Waals surface area contributed by atoms with E-state index in [1.807, 2.05) is 0 Å². The molecule has 0 amide bonds. The number of hydrogen-bond donors (Lipinski definition) is 0. The van der Waals surface area contributed by atoms with Gasteiger partial charge in [-0.05, 0) is 42.2 Å². The van der Waals surface area contributed by atoms with Gasteiger partial charge in [-0.2, -0.15) is 0 Å². The number of ether oxygens (including phenoxy) is 1. The first kappa shape index (κ1) is 15.7. The van der Waals surface area contributed by atoms with E-state index in [-0.39, 0.29) is 23.2 Å². The minimum atomic E-state index is -1.79. The Morgan fingerprint density at radius 3 is 2.30 bits per heavy atom. The highest BCUT2D eigenvalue weighted by atomic mass is 28.4. The van der Waals surface area contributed by atoms with Crippen LogP contribution in [0.15, 0.2) is 24.3 Å². The molecule has 1 heterocycles. The maximum absolute atomic E-state index is 12.9. The SMILES string of the molecule is CC(C)(C)[Si](C)(C)OC1CCC(c2ccc(F)cc2)O1. The third-order valence-electron chi connectivity index (χ3n) is 4.45. The first-order chi connectivity index (χ1) is 9.19. The summed E-state index contributed by atoms with van der Waals surface area (Å²) in [4.78, 5) is 0. The van der Waals surface area contributed by atoms with Crippen molar-refractivity contribution in [2.24, 2.45) is 0 Å². The van der Waals surface area contributed by atoms with Crippen LogP contribution in [0.5, 0.6) is 0 Å². The topological polar surface area (TPSA) is 18.5 Å². The van der Waals surface area contributed by atoms with E-state index < -0.39 is 8.32 Å². The molecule has 1 aliphatic heterocycles. The van der Waals surface area contributed by atoms with E-state index in [1.54, 1.807) is 12.1 Å². The van der Waals surface area contributed by atoms with Gasteiger partial charge < -0.3 is 9.16 Å². The smallest absolute Gasteiger partial charge is 0.195 e. The van der Waals surface area contributed by atoms with E-state index in [1.165, 1.54) is 12.1 Å². The predicted octanol–water partition coefficient (Wildman–Crippen LogP) is 5.03. The van der Waals surface area contributed by atoms with Gasteiger partial charge in [0.2, 0.25) is 0 Å². The van der Waals surface area contributed by atoms with Crippen molar-refractivity contribution in [1.82, 2.24) is 0 Å². The highest BCUT2D eigenvalue weighted by Crippen LogP contribution is 2.41. The van der Waals surface area contributed by atoms with Gasteiger partial charge in [0.1, 0.15) is 12.1 Å². The molecule has 0 spiro atoms. The summed E-state index contributed by atoms with van der Waals surface area (Å²) >= 11 is 0. The van der Waals surface area contributed by atoms with Crippen molar-refractivity contribution in [2.45, 2.75) is 64.1 Å². The fourth-order valence-corrected chi connectivity index (χ4v) is 3.31. The van der Waals surface area contributed by atoms with Gasteiger partial charge in [-0.25, -0.2) is 4.39 Å². The second-order valence-corrected chi connectivity index (χ2v) is 11.8. The van der Waals surface area contributed by atoms with E-state index >= 15 is 0 Å². The van der Waals surface area contributed by atoms with Crippen LogP contribution in [0, 0.1) is 5.82 Å². The molecule has 112 valence electrons. The Hall–Kier alpha value is -0.713. The first-order valence-corrected chi connectivity index (χ1v) is 10.2. The summed E-state index contributed by atoms with van der Waals surface area (Å²) in [6, 6.07) is 6.57. The van der Waals surface area contributed by atoms with Crippen LogP contribution in [0.3, 0.4) is 0 Å². The highest BCUT2D eigenvalue weighted by Gasteiger charge is 2.41. The zero-order valence-corrected chi connectivity index (χ0v) is 14.1. The summed E-state index contributed by atoms with van der Waals surface area (Å²) in [6.07, 6.45) is 1.76. The Bertz CT molecular complexity index is 451. The Morgan fingerprint density at radius 1 is 1.15 bits per heavy atom. The van der Waals surface area contributed by atoms with E-state index in [4.69, 9.17) is 9.16 Å². The van der Waals surface area contributed by atoms with E-state index in [0.717, 1.165) is 18.4 Å². The molecule has 4 heteroatoms. The van der Waals surface area contributed by atoms with Crippen molar-refractivity contribution < 1.29 is 13.6 Å². The van der Waals surface area contributed by atoms with Crippen LogP contribution >= 0.6 is 0 Å². The van der Waals surface area contributed by atoms with Crippen molar-refractivity contribution in [1.29, 1.82) is 0 Å². The molecule has 1 fully saturated rings. The highest BCUT2D eigenvalue weighted by molar-refractivity contribution is 6.74. The Kier molecular flexibility index (Phi) is 4.37. The van der Waals surface area contributed by atoms with Crippen LogP contribution in [0.1, 0.15) is 45.3 Å². The van der Waals surface area contributed by atoms with Gasteiger partial charge in [0.05, 0.1) is 6.10 Å². The fourth-order valence-electron chi connectivity index (χ4n) is 2.12. The first-order valence-electron chi connectivity index (χ1n) is 7.28. The lowest BCUT2D eigenvalue weighted by molar-refractivity contribution is -0.0818. The molecule has 0 saturated carbocycles. The molecule has 1 aromatic carbocycles. The molecule has 2 atom stereocenters. The normalized spacial score (nSPS) is 24.1. The zero-order chi connectivity index (χ0) is 15.0. The zero-order valence-electron chi connectivity index (χ0n) is 13.1. The van der Waals surface area contributed by atoms with E-state index in [2.05, 4.69) is 33.9 Å². The summed E-state index contributed by atoms with van der Waals surface area (Å²) in [6.45, 7) is 11.2. The minimum absolute atomic E-state index is 0.0327. The van der Waals surface area contributed by atoms with Crippen LogP contribution in [0.25, 0.3) is 0 Å². The molecule has 0 bridgehead atoms. The lowest BCUT2D eigenvalue weighted by Crippen LogP contribution is -2.43. The summed E-state index contributed by atoms with van der Waals surface area (Å²) < 4.78 is 25.2. The van der Waals surface area contributed by atoms with E-state index in [9.17, 15) is 4.39 Å². The molecule has 0 radical (unpaired) electrons. The molecule has 0 aromatic heterocycles. The van der Waals surface area contributed by atoms with Crippen molar-refractivity contribution in [3.63, 3.8) is 0 Å². The Labute approximate surface area is 122 Å². The molecule has 1 aliphatic rings. The van der Waals surface area contributed by atoms with Gasteiger partial charge in [-0.1, -0.05) is 32.9 Å². The van der Waals surface area contributed by atoms with Crippen LogP contribution in [0.4, 0.5) is 4.39 Å². The maximum Gasteiger partial charge on any atom is 0.195 e. The molecule has 1 aromatic rings. The number of halogens is 1. The average Bonchev–Trinajstić information content (AvgIpc) is 2.76. The van der Waals surface area contributed by atoms with Crippen LogP contribution in [-0.4, -0.2) is 14.6 Å². The van der Waals surface area contributed by atoms with Gasteiger partial charge >= 0.3 is 0 Å². The molecule has 0 N–H and O–H groups in total. The lowest BCUT2D eigenvalue weighted by atomic mass is 10.1. The molecule has 20 heavy (non-hydrogen) atoms. The largest absolute Gasteiger partial charge is 0.392 e. The molecule has 0 aliphatic carbocycles. The predicted molar refractivity (Wildman–Crippen MR) is 81.5 cm³/mol. The van der Waals surface area contributed by atoms with Crippen LogP contribution in [0.2, 0.25) is 18.1 Å². The molecular formula is C16H25FO2Si. The van der Waals surface area contributed by atoms with Gasteiger partial charge in [0, 0.05) is 6.42 Å². The maximum atomic E-state index is 12.9. The molecule has 1 saturated heterocycles. The van der Waals surface area contributed by atoms with E-state index in [0.29, 0.717) is 0 Å². The molecular weight excluding hydrogens is 271 g/mol. The second kappa shape index (κ2) is 5.58. The second-order valence-electron chi connectivity index (χ2n) is 7.06. The summed E-state index contributed by atoms with van der Waals surface area (Å²) in [5.41, 5.74) is 1.03. The number of rotatable bonds is 3. The van der Waals surface area contributed by atoms with Gasteiger partial charge in [0.15, 0.2) is 8.32 Å². The molecule has 2 rings (SSSR count). The number of benzene rings is 1. The third-order valence-corrected chi connectivity index (χ3v) is 8.92. The van der Waals surface area contributed by atoms with Gasteiger partial charge in [-0.15, -0.1) is 0 Å². The minimum Gasteiger partial charge on any atom is -0.392 e. The lowest BCUT2D eigenvalue weighted by Gasteiger charge is -2.38. The van der Waals surface area contributed by atoms with Crippen molar-refractivity contribution in [2.75, 3.05) is 0 Å². The monoisotopic (exact) mass is 296 g/mol. The average molecular weight is 296 g/mol. The Balaban J connectivity index is 1.98. The van der Waals surface area contributed by atoms with Gasteiger partial charge in [-0.3, -0.25) is 0 Å². The van der Waals surface area contributed by atoms with Crippen molar-refractivity contribution in [3.05, 3.63) is 35.6 Å². The third kappa shape index (κ3) is 3.48. The molecule has 2 unspecified atom stereocenters. The van der Waals surface area contributed by atoms with Crippen LogP contribution < -0.4 is 0 Å². The fraction of sp³-hybridized carbons (Fsp3) is 0.625. The summed E-state index contributed by atoms with van der Waals surface area (Å²) in [5.74, 6) is -0.208. The van der Waals surface area contributed by atoms with Crippen LogP contribution in [-0.2, 0) is 9.16 Å².